The number of rotatable bonds is 6. The minimum Gasteiger partial charge on any atom is -0.352 e. The fraction of sp³-hybridized carbons (Fsp3) is 0.333. The Hall–Kier alpha value is -3.26. The maximum Gasteiger partial charge on any atom is 0.332 e. The maximum atomic E-state index is 13.5. The first-order chi connectivity index (χ1) is 15.6. The highest BCUT2D eigenvalue weighted by atomic mass is 32.1. The molecule has 0 atom stereocenters. The van der Waals surface area contributed by atoms with E-state index in [4.69, 9.17) is 0 Å². The molecule has 1 fully saturated rings. The van der Waals surface area contributed by atoms with Gasteiger partial charge in [-0.3, -0.25) is 18.7 Å². The van der Waals surface area contributed by atoms with Gasteiger partial charge < -0.3 is 5.32 Å². The first-order valence-corrected chi connectivity index (χ1v) is 11.8. The van der Waals surface area contributed by atoms with Gasteiger partial charge in [-0.15, -0.1) is 11.3 Å². The molecule has 0 aliphatic heterocycles. The van der Waals surface area contributed by atoms with Crippen molar-refractivity contribution in [2.45, 2.75) is 51.2 Å². The monoisotopic (exact) mass is 448 g/mol. The number of carbonyl (C=O) groups excluding carboxylic acids is 1. The van der Waals surface area contributed by atoms with Crippen molar-refractivity contribution in [3.05, 3.63) is 75.1 Å². The predicted octanol–water partition coefficient (Wildman–Crippen LogP) is 3.07. The van der Waals surface area contributed by atoms with Crippen molar-refractivity contribution in [1.82, 2.24) is 19.4 Å². The Morgan fingerprint density at radius 3 is 2.62 bits per heavy atom. The molecule has 0 spiro atoms. The van der Waals surface area contributed by atoms with Gasteiger partial charge in [-0.05, 0) is 37.0 Å². The third-order valence-corrected chi connectivity index (χ3v) is 7.19. The topological polar surface area (TPSA) is 86.0 Å². The molecule has 1 saturated carbocycles. The molecule has 5 rings (SSSR count). The molecule has 1 aromatic carbocycles. The van der Waals surface area contributed by atoms with E-state index in [9.17, 15) is 14.4 Å². The normalized spacial score (nSPS) is 14.4. The third kappa shape index (κ3) is 3.86. The first kappa shape index (κ1) is 20.6. The highest BCUT2D eigenvalue weighted by Crippen LogP contribution is 2.29. The summed E-state index contributed by atoms with van der Waals surface area (Å²) in [4.78, 5) is 44.6. The Balaban J connectivity index is 1.59. The Morgan fingerprint density at radius 1 is 1.06 bits per heavy atom. The molecule has 1 aliphatic rings. The minimum absolute atomic E-state index is 0.113. The molecule has 1 N–H and O–H groups in total. The summed E-state index contributed by atoms with van der Waals surface area (Å²) in [7, 11) is 0. The Labute approximate surface area is 188 Å². The van der Waals surface area contributed by atoms with E-state index < -0.39 is 5.69 Å². The summed E-state index contributed by atoms with van der Waals surface area (Å²) in [6.45, 7) is 0.141. The van der Waals surface area contributed by atoms with E-state index >= 15 is 0 Å². The number of amides is 1. The van der Waals surface area contributed by atoms with Crippen LogP contribution in [0, 0.1) is 0 Å². The zero-order chi connectivity index (χ0) is 22.1. The zero-order valence-corrected chi connectivity index (χ0v) is 18.4. The molecule has 1 aliphatic carbocycles. The van der Waals surface area contributed by atoms with Gasteiger partial charge in [-0.25, -0.2) is 9.78 Å². The van der Waals surface area contributed by atoms with E-state index in [0.717, 1.165) is 36.6 Å². The number of aryl methyl sites for hydroxylation is 1. The molecule has 0 saturated heterocycles. The number of benzene rings is 1. The molecule has 7 nitrogen and oxygen atoms in total. The molecule has 0 bridgehead atoms. The van der Waals surface area contributed by atoms with Crippen LogP contribution in [0.1, 0.15) is 31.2 Å². The lowest BCUT2D eigenvalue weighted by molar-refractivity contribution is -0.122. The summed E-state index contributed by atoms with van der Waals surface area (Å²) in [5.41, 5.74) is 0.771. The van der Waals surface area contributed by atoms with Gasteiger partial charge >= 0.3 is 5.69 Å². The van der Waals surface area contributed by atoms with Gasteiger partial charge in [0.1, 0.15) is 16.1 Å². The average molecular weight is 449 g/mol. The molecule has 0 unspecified atom stereocenters. The van der Waals surface area contributed by atoms with Gasteiger partial charge in [0.2, 0.25) is 5.91 Å². The van der Waals surface area contributed by atoms with Crippen LogP contribution in [-0.2, 0) is 24.3 Å². The fourth-order valence-corrected chi connectivity index (χ4v) is 5.60. The van der Waals surface area contributed by atoms with Gasteiger partial charge in [0, 0.05) is 24.2 Å². The predicted molar refractivity (Wildman–Crippen MR) is 126 cm³/mol. The number of carbonyl (C=O) groups is 1. The van der Waals surface area contributed by atoms with Crippen molar-refractivity contribution >= 4 is 37.7 Å². The lowest BCUT2D eigenvalue weighted by Gasteiger charge is -2.15. The van der Waals surface area contributed by atoms with Crippen molar-refractivity contribution in [2.24, 2.45) is 0 Å². The summed E-state index contributed by atoms with van der Waals surface area (Å²) in [5.74, 6) is -0.197. The van der Waals surface area contributed by atoms with Crippen LogP contribution in [0.15, 0.2) is 58.3 Å². The SMILES string of the molecule is O=C(Cn1c(=O)n(CCc2ccccc2)c(=O)c2sc3ncccc3c21)NC1CCCC1. The molecule has 0 radical (unpaired) electrons. The summed E-state index contributed by atoms with van der Waals surface area (Å²) < 4.78 is 3.17. The van der Waals surface area contributed by atoms with Crippen molar-refractivity contribution in [3.63, 3.8) is 0 Å². The second-order valence-corrected chi connectivity index (χ2v) is 9.24. The Morgan fingerprint density at radius 2 is 1.84 bits per heavy atom. The van der Waals surface area contributed by atoms with Crippen LogP contribution in [0.5, 0.6) is 0 Å². The second-order valence-electron chi connectivity index (χ2n) is 8.25. The van der Waals surface area contributed by atoms with E-state index in [2.05, 4.69) is 10.3 Å². The van der Waals surface area contributed by atoms with Gasteiger partial charge in [0.05, 0.1) is 5.52 Å². The summed E-state index contributed by atoms with van der Waals surface area (Å²) >= 11 is 1.27. The Bertz CT molecular complexity index is 1400. The summed E-state index contributed by atoms with van der Waals surface area (Å²) in [6.07, 6.45) is 6.39. The zero-order valence-electron chi connectivity index (χ0n) is 17.6. The lowest BCUT2D eigenvalue weighted by atomic mass is 10.1. The number of fused-ring (bicyclic) bond motifs is 3. The number of hydrogen-bond donors (Lipinski definition) is 1. The number of aromatic nitrogens is 3. The van der Waals surface area contributed by atoms with Crippen LogP contribution in [0.3, 0.4) is 0 Å². The van der Waals surface area contributed by atoms with Crippen LogP contribution in [-0.4, -0.2) is 26.1 Å². The molecular formula is C24H24N4O3S. The van der Waals surface area contributed by atoms with Crippen molar-refractivity contribution in [3.8, 4) is 0 Å². The van der Waals surface area contributed by atoms with Crippen molar-refractivity contribution in [1.29, 1.82) is 0 Å². The summed E-state index contributed by atoms with van der Waals surface area (Å²) in [6, 6.07) is 13.5. The average Bonchev–Trinajstić information content (AvgIpc) is 3.45. The highest BCUT2D eigenvalue weighted by molar-refractivity contribution is 7.25. The van der Waals surface area contributed by atoms with E-state index in [1.54, 1.807) is 12.3 Å². The molecular weight excluding hydrogens is 424 g/mol. The largest absolute Gasteiger partial charge is 0.352 e. The van der Waals surface area contributed by atoms with Crippen molar-refractivity contribution < 1.29 is 4.79 Å². The van der Waals surface area contributed by atoms with Crippen LogP contribution >= 0.6 is 11.3 Å². The van der Waals surface area contributed by atoms with E-state index in [1.807, 2.05) is 36.4 Å². The number of nitrogens with zero attached hydrogens (tertiary/aromatic N) is 3. The third-order valence-electron chi connectivity index (χ3n) is 6.10. The minimum atomic E-state index is -0.455. The Kier molecular flexibility index (Phi) is 5.61. The summed E-state index contributed by atoms with van der Waals surface area (Å²) in [5, 5.41) is 3.78. The first-order valence-electron chi connectivity index (χ1n) is 11.0. The number of pyridine rings is 1. The molecule has 32 heavy (non-hydrogen) atoms. The molecule has 8 heteroatoms. The lowest BCUT2D eigenvalue weighted by Crippen LogP contribution is -2.43. The number of nitrogens with one attached hydrogen (secondary N) is 1. The maximum absolute atomic E-state index is 13.5. The van der Waals surface area contributed by atoms with Gasteiger partial charge in [-0.1, -0.05) is 43.2 Å². The van der Waals surface area contributed by atoms with Gasteiger partial charge in [-0.2, -0.15) is 0 Å². The molecule has 1 amide bonds. The fourth-order valence-electron chi connectivity index (χ4n) is 4.50. The van der Waals surface area contributed by atoms with Gasteiger partial charge in [0.15, 0.2) is 0 Å². The molecule has 3 heterocycles. The van der Waals surface area contributed by atoms with Crippen LogP contribution < -0.4 is 16.6 Å². The van der Waals surface area contributed by atoms with Gasteiger partial charge in [0.25, 0.3) is 5.56 Å². The second kappa shape index (κ2) is 8.70. The van der Waals surface area contributed by atoms with Crippen molar-refractivity contribution in [2.75, 3.05) is 0 Å². The van der Waals surface area contributed by atoms with E-state index in [-0.39, 0.29) is 30.6 Å². The number of thiophene rings is 1. The molecule has 164 valence electrons. The van der Waals surface area contributed by atoms with E-state index in [1.165, 1.54) is 20.5 Å². The van der Waals surface area contributed by atoms with Crippen LogP contribution in [0.2, 0.25) is 0 Å². The van der Waals surface area contributed by atoms with E-state index in [0.29, 0.717) is 21.5 Å². The number of hydrogen-bond acceptors (Lipinski definition) is 5. The smallest absolute Gasteiger partial charge is 0.332 e. The quantitative estimate of drug-likeness (QED) is 0.491. The highest BCUT2D eigenvalue weighted by Gasteiger charge is 2.22. The molecule has 3 aromatic heterocycles. The standard InChI is InChI=1S/C24H24N4O3S/c29-19(26-17-9-4-5-10-17)15-28-20-18-11-6-13-25-22(18)32-21(20)23(30)27(24(28)31)14-12-16-7-2-1-3-8-16/h1-3,6-8,11,13,17H,4-5,9-10,12,14-15H2,(H,26,29). The van der Waals surface area contributed by atoms with Crippen LogP contribution in [0.4, 0.5) is 0 Å². The van der Waals surface area contributed by atoms with Crippen LogP contribution in [0.25, 0.3) is 20.4 Å². The molecule has 4 aromatic rings.